The fourth-order valence-corrected chi connectivity index (χ4v) is 1.42. The monoisotopic (exact) mass is 458 g/mol. The van der Waals surface area contributed by atoms with Crippen molar-refractivity contribution >= 4 is 65.4 Å². The van der Waals surface area contributed by atoms with Gasteiger partial charge in [0.05, 0.1) is 5.56 Å². The summed E-state index contributed by atoms with van der Waals surface area (Å²) in [6.45, 7) is -0.0394. The molecule has 0 heterocycles. The summed E-state index contributed by atoms with van der Waals surface area (Å²) >= 11 is 9.04. The molecule has 0 fully saturated rings. The number of carbonyl (C=O) groups is 2. The molecule has 3 N–H and O–H groups in total. The molecular weight excluding hydrogens is 450 g/mol. The van der Waals surface area contributed by atoms with Crippen LogP contribution in [0.25, 0.3) is 0 Å². The quantitative estimate of drug-likeness (QED) is 0.424. The molecule has 0 aliphatic rings. The molecule has 5 nitrogen and oxygen atoms in total. The first-order chi connectivity index (χ1) is 8.80. The molecule has 0 unspecified atom stereocenters. The summed E-state index contributed by atoms with van der Waals surface area (Å²) in [7, 11) is 0. The highest BCUT2D eigenvalue weighted by Gasteiger charge is 2.30. The SMILES string of the molecule is [NH3+]c1ccc(C(=O)OCCOC(=O)C(Br)(Br)Br)cc1. The highest BCUT2D eigenvalue weighted by atomic mass is 80.0. The highest BCUT2D eigenvalue weighted by Crippen LogP contribution is 2.34. The lowest BCUT2D eigenvalue weighted by atomic mass is 10.2. The number of halogens is 3. The first-order valence-corrected chi connectivity index (χ1v) is 7.51. The highest BCUT2D eigenvalue weighted by molar-refractivity contribution is 9.40. The van der Waals surface area contributed by atoms with E-state index >= 15 is 0 Å². The van der Waals surface area contributed by atoms with Gasteiger partial charge in [0, 0.05) is 0 Å². The molecule has 0 bridgehead atoms. The first kappa shape index (κ1) is 16.6. The largest absolute Gasteiger partial charge is 0.460 e. The minimum atomic E-state index is -1.11. The van der Waals surface area contributed by atoms with E-state index in [9.17, 15) is 9.59 Å². The van der Waals surface area contributed by atoms with Crippen LogP contribution in [0.3, 0.4) is 0 Å². The summed E-state index contributed by atoms with van der Waals surface area (Å²) in [4.78, 5) is 22.9. The molecule has 0 atom stereocenters. The number of hydrogen-bond donors (Lipinski definition) is 1. The van der Waals surface area contributed by atoms with Crippen molar-refractivity contribution in [3.63, 3.8) is 0 Å². The van der Waals surface area contributed by atoms with E-state index < -0.39 is 14.1 Å². The van der Waals surface area contributed by atoms with E-state index in [1.165, 1.54) is 0 Å². The van der Waals surface area contributed by atoms with Crippen LogP contribution in [0.15, 0.2) is 24.3 Å². The molecule has 1 aromatic carbocycles. The van der Waals surface area contributed by atoms with Crippen molar-refractivity contribution in [1.29, 1.82) is 0 Å². The molecule has 0 saturated heterocycles. The number of hydrogen-bond acceptors (Lipinski definition) is 4. The van der Waals surface area contributed by atoms with E-state index in [0.29, 0.717) is 5.56 Å². The van der Waals surface area contributed by atoms with Crippen molar-refractivity contribution in [2.24, 2.45) is 0 Å². The summed E-state index contributed by atoms with van der Waals surface area (Å²) < 4.78 is 8.68. The van der Waals surface area contributed by atoms with Crippen LogP contribution in [-0.4, -0.2) is 27.3 Å². The zero-order chi connectivity index (χ0) is 14.5. The van der Waals surface area contributed by atoms with Crippen LogP contribution in [0.1, 0.15) is 10.4 Å². The molecule has 1 rings (SSSR count). The molecule has 1 aromatic rings. The van der Waals surface area contributed by atoms with Gasteiger partial charge in [-0.15, -0.1) is 0 Å². The van der Waals surface area contributed by atoms with Gasteiger partial charge in [-0.1, -0.05) is 0 Å². The molecule has 0 radical (unpaired) electrons. The van der Waals surface area contributed by atoms with E-state index in [1.807, 2.05) is 0 Å². The Kier molecular flexibility index (Phi) is 6.45. The zero-order valence-electron chi connectivity index (χ0n) is 9.70. The van der Waals surface area contributed by atoms with E-state index in [-0.39, 0.29) is 13.2 Å². The Balaban J connectivity index is 2.32. The molecule has 0 spiro atoms. The molecule has 19 heavy (non-hydrogen) atoms. The average Bonchev–Trinajstić information content (AvgIpc) is 2.33. The number of ether oxygens (including phenoxy) is 2. The van der Waals surface area contributed by atoms with Gasteiger partial charge >= 0.3 is 11.9 Å². The van der Waals surface area contributed by atoms with E-state index in [1.54, 1.807) is 24.3 Å². The van der Waals surface area contributed by atoms with Crippen LogP contribution in [0.4, 0.5) is 5.69 Å². The predicted molar refractivity (Wildman–Crippen MR) is 79.7 cm³/mol. The molecular formula is C11H11Br3NO4+. The van der Waals surface area contributed by atoms with Crippen LogP contribution >= 0.6 is 47.8 Å². The second kappa shape index (κ2) is 7.37. The van der Waals surface area contributed by atoms with Gasteiger partial charge in [0.1, 0.15) is 18.9 Å². The summed E-state index contributed by atoms with van der Waals surface area (Å²) in [5.74, 6) is -1.04. The van der Waals surface area contributed by atoms with Crippen LogP contribution in [0, 0.1) is 0 Å². The number of benzene rings is 1. The van der Waals surface area contributed by atoms with Crippen LogP contribution in [0.2, 0.25) is 0 Å². The van der Waals surface area contributed by atoms with Crippen molar-refractivity contribution in [3.8, 4) is 0 Å². The third-order valence-corrected chi connectivity index (χ3v) is 2.94. The Morgan fingerprint density at radius 2 is 1.58 bits per heavy atom. The summed E-state index contributed by atoms with van der Waals surface area (Å²) in [6.07, 6.45) is 0. The van der Waals surface area contributed by atoms with Crippen LogP contribution in [-0.2, 0) is 14.3 Å². The minimum Gasteiger partial charge on any atom is -0.460 e. The van der Waals surface area contributed by atoms with Gasteiger partial charge in [-0.2, -0.15) is 0 Å². The van der Waals surface area contributed by atoms with Gasteiger partial charge in [-0.05, 0) is 72.1 Å². The smallest absolute Gasteiger partial charge is 0.345 e. The molecule has 0 aromatic heterocycles. The predicted octanol–water partition coefficient (Wildman–Crippen LogP) is 2.10. The lowest BCUT2D eigenvalue weighted by Gasteiger charge is -2.11. The fraction of sp³-hybridized carbons (Fsp3) is 0.273. The molecule has 0 amide bonds. The zero-order valence-corrected chi connectivity index (χ0v) is 14.5. The standard InChI is InChI=1S/C11H10Br3NO4/c12-11(13,14)10(17)19-6-5-18-9(16)7-1-3-8(15)4-2-7/h1-4H,5-6,15H2/p+1. The normalized spacial score (nSPS) is 10.9. The van der Waals surface area contributed by atoms with E-state index in [2.05, 4.69) is 53.5 Å². The van der Waals surface area contributed by atoms with Crippen molar-refractivity contribution in [2.75, 3.05) is 13.2 Å². The molecule has 0 saturated carbocycles. The lowest BCUT2D eigenvalue weighted by Crippen LogP contribution is -2.39. The molecule has 0 aliphatic heterocycles. The maximum atomic E-state index is 11.6. The number of rotatable bonds is 4. The number of carbonyl (C=O) groups excluding carboxylic acids is 2. The fourth-order valence-electron chi connectivity index (χ4n) is 1.07. The second-order valence-electron chi connectivity index (χ2n) is 3.47. The second-order valence-corrected chi connectivity index (χ2v) is 10.2. The number of alkyl halides is 3. The Morgan fingerprint density at radius 1 is 1.05 bits per heavy atom. The van der Waals surface area contributed by atoms with Crippen molar-refractivity contribution in [3.05, 3.63) is 29.8 Å². The first-order valence-electron chi connectivity index (χ1n) is 5.14. The summed E-state index contributed by atoms with van der Waals surface area (Å²) in [5, 5.41) is 0. The molecule has 0 aliphatic carbocycles. The van der Waals surface area contributed by atoms with Crippen molar-refractivity contribution in [2.45, 2.75) is 2.14 Å². The van der Waals surface area contributed by atoms with Gasteiger partial charge in [0.15, 0.2) is 0 Å². The van der Waals surface area contributed by atoms with E-state index in [0.717, 1.165) is 5.69 Å². The van der Waals surface area contributed by atoms with Gasteiger partial charge in [-0.3, -0.25) is 0 Å². The number of quaternary nitrogens is 1. The Labute approximate surface area is 135 Å². The summed E-state index contributed by atoms with van der Waals surface area (Å²) in [6, 6.07) is 6.67. The number of esters is 2. The van der Waals surface area contributed by atoms with Gasteiger partial charge in [0.2, 0.25) is 2.14 Å². The van der Waals surface area contributed by atoms with Gasteiger partial charge in [0.25, 0.3) is 0 Å². The van der Waals surface area contributed by atoms with Crippen LogP contribution < -0.4 is 5.73 Å². The lowest BCUT2D eigenvalue weighted by molar-refractivity contribution is -0.254. The van der Waals surface area contributed by atoms with E-state index in [4.69, 9.17) is 9.47 Å². The third kappa shape index (κ3) is 6.03. The van der Waals surface area contributed by atoms with Gasteiger partial charge in [-0.25, -0.2) is 9.59 Å². The van der Waals surface area contributed by atoms with Crippen molar-refractivity contribution < 1.29 is 24.8 Å². The maximum absolute atomic E-state index is 11.6. The third-order valence-electron chi connectivity index (χ3n) is 1.97. The molecule has 8 heteroatoms. The minimum absolute atomic E-state index is 0.0141. The Morgan fingerprint density at radius 3 is 2.11 bits per heavy atom. The average molecular weight is 461 g/mol. The Hall–Kier alpha value is -0.440. The topological polar surface area (TPSA) is 80.2 Å². The molecule has 104 valence electrons. The maximum Gasteiger partial charge on any atom is 0.345 e. The summed E-state index contributed by atoms with van der Waals surface area (Å²) in [5.41, 5.74) is 4.96. The Bertz CT molecular complexity index is 456. The van der Waals surface area contributed by atoms with Crippen LogP contribution in [0.5, 0.6) is 0 Å². The van der Waals surface area contributed by atoms with Crippen molar-refractivity contribution in [1.82, 2.24) is 0 Å². The van der Waals surface area contributed by atoms with Gasteiger partial charge < -0.3 is 15.2 Å².